The van der Waals surface area contributed by atoms with Gasteiger partial charge in [-0.15, -0.1) is 0 Å². The molecule has 7 nitrogen and oxygen atoms in total. The summed E-state index contributed by atoms with van der Waals surface area (Å²) in [5, 5.41) is 10.8. The van der Waals surface area contributed by atoms with Crippen LogP contribution in [-0.2, 0) is 14.3 Å². The number of aliphatic carboxylic acids is 1. The highest BCUT2D eigenvalue weighted by atomic mass is 16.5. The van der Waals surface area contributed by atoms with Crippen LogP contribution >= 0.6 is 0 Å². The molecule has 1 aliphatic heterocycles. The average molecular weight is 286 g/mol. The minimum Gasteiger partial charge on any atom is -0.481 e. The maximum absolute atomic E-state index is 12.0. The van der Waals surface area contributed by atoms with Gasteiger partial charge in [0.1, 0.15) is 0 Å². The number of rotatable bonds is 4. The molecule has 1 saturated heterocycles. The molecule has 1 aliphatic rings. The third-order valence-corrected chi connectivity index (χ3v) is 2.90. The number of hydrogen-bond acceptors (Lipinski definition) is 4. The number of ether oxygens (including phenoxy) is 1. The van der Waals surface area contributed by atoms with Gasteiger partial charge in [0.15, 0.2) is 0 Å². The Morgan fingerprint density at radius 3 is 2.55 bits per heavy atom. The maximum atomic E-state index is 12.0. The molecule has 7 heteroatoms. The average Bonchev–Trinajstić information content (AvgIpc) is 2.25. The van der Waals surface area contributed by atoms with E-state index >= 15 is 0 Å². The molecule has 1 atom stereocenters. The van der Waals surface area contributed by atoms with Gasteiger partial charge in [-0.05, 0) is 27.2 Å². The van der Waals surface area contributed by atoms with Gasteiger partial charge in [0.25, 0.3) is 0 Å². The van der Waals surface area contributed by atoms with E-state index in [4.69, 9.17) is 9.84 Å². The number of carbonyl (C=O) groups is 3. The molecule has 1 rings (SSSR count). The Kier molecular flexibility index (Phi) is 5.50. The number of imide groups is 1. The van der Waals surface area contributed by atoms with Crippen LogP contribution in [0.25, 0.3) is 0 Å². The Morgan fingerprint density at radius 1 is 1.35 bits per heavy atom. The van der Waals surface area contributed by atoms with Crippen molar-refractivity contribution in [2.45, 2.75) is 51.7 Å². The number of carboxylic acid groups (broad SMARTS) is 1. The van der Waals surface area contributed by atoms with Gasteiger partial charge in [0.05, 0.1) is 18.2 Å². The second kappa shape index (κ2) is 6.69. The summed E-state index contributed by atoms with van der Waals surface area (Å²) in [6.07, 6.45) is 0.0795. The molecule has 2 N–H and O–H groups in total. The topological polar surface area (TPSA) is 95.9 Å². The number of urea groups is 1. The highest BCUT2D eigenvalue weighted by Gasteiger charge is 2.34. The number of hydrogen-bond donors (Lipinski definition) is 2. The minimum atomic E-state index is -0.951. The molecule has 0 spiro atoms. The number of nitrogens with one attached hydrogen (secondary N) is 1. The molecule has 20 heavy (non-hydrogen) atoms. The zero-order valence-electron chi connectivity index (χ0n) is 12.1. The van der Waals surface area contributed by atoms with E-state index in [9.17, 15) is 14.4 Å². The van der Waals surface area contributed by atoms with Crippen molar-refractivity contribution in [1.29, 1.82) is 0 Å². The first kappa shape index (κ1) is 16.4. The third kappa shape index (κ3) is 5.56. The number of nitrogens with zero attached hydrogens (tertiary/aromatic N) is 1. The molecular weight excluding hydrogens is 264 g/mol. The summed E-state index contributed by atoms with van der Waals surface area (Å²) in [7, 11) is 0. The van der Waals surface area contributed by atoms with Crippen LogP contribution in [0.2, 0.25) is 0 Å². The van der Waals surface area contributed by atoms with Crippen LogP contribution in [-0.4, -0.2) is 52.7 Å². The standard InChI is InChI=1S/C13H22N2O5/c1-9-7-15(8-13(2,3)20-9)12(19)14-10(16)5-4-6-11(17)18/h9H,4-8H2,1-3H3,(H,17,18)(H,14,16,19). The van der Waals surface area contributed by atoms with Gasteiger partial charge in [0.2, 0.25) is 5.91 Å². The Balaban J connectivity index is 2.41. The van der Waals surface area contributed by atoms with Crippen molar-refractivity contribution in [3.05, 3.63) is 0 Å². The van der Waals surface area contributed by atoms with Crippen LogP contribution in [0.4, 0.5) is 4.79 Å². The summed E-state index contributed by atoms with van der Waals surface area (Å²) >= 11 is 0. The lowest BCUT2D eigenvalue weighted by Gasteiger charge is -2.41. The summed E-state index contributed by atoms with van der Waals surface area (Å²) in [6.45, 7) is 6.48. The van der Waals surface area contributed by atoms with Gasteiger partial charge < -0.3 is 14.7 Å². The Bertz CT molecular complexity index is 394. The number of morpholine rings is 1. The normalized spacial score (nSPS) is 21.4. The largest absolute Gasteiger partial charge is 0.481 e. The smallest absolute Gasteiger partial charge is 0.324 e. The Morgan fingerprint density at radius 2 is 2.00 bits per heavy atom. The lowest BCUT2D eigenvalue weighted by atomic mass is 10.1. The summed E-state index contributed by atoms with van der Waals surface area (Å²) < 4.78 is 5.68. The zero-order chi connectivity index (χ0) is 15.3. The molecule has 0 aromatic carbocycles. The summed E-state index contributed by atoms with van der Waals surface area (Å²) in [5.41, 5.74) is -0.443. The summed E-state index contributed by atoms with van der Waals surface area (Å²) in [4.78, 5) is 35.4. The molecule has 1 fully saturated rings. The monoisotopic (exact) mass is 286 g/mol. The van der Waals surface area contributed by atoms with Crippen molar-refractivity contribution >= 4 is 17.9 Å². The zero-order valence-corrected chi connectivity index (χ0v) is 12.1. The van der Waals surface area contributed by atoms with Gasteiger partial charge in [0, 0.05) is 19.4 Å². The van der Waals surface area contributed by atoms with Crippen molar-refractivity contribution < 1.29 is 24.2 Å². The first-order valence-corrected chi connectivity index (χ1v) is 6.68. The van der Waals surface area contributed by atoms with E-state index in [1.807, 2.05) is 20.8 Å². The summed E-state index contributed by atoms with van der Waals surface area (Å²) in [5.74, 6) is -1.40. The van der Waals surface area contributed by atoms with Crippen molar-refractivity contribution in [1.82, 2.24) is 10.2 Å². The number of carboxylic acids is 1. The summed E-state index contributed by atoms with van der Waals surface area (Å²) in [6, 6.07) is -0.450. The molecule has 114 valence electrons. The third-order valence-electron chi connectivity index (χ3n) is 2.90. The van der Waals surface area contributed by atoms with Gasteiger partial charge in [-0.2, -0.15) is 0 Å². The van der Waals surface area contributed by atoms with Gasteiger partial charge in [-0.1, -0.05) is 0 Å². The fraction of sp³-hybridized carbons (Fsp3) is 0.769. The van der Waals surface area contributed by atoms with Gasteiger partial charge >= 0.3 is 12.0 Å². The van der Waals surface area contributed by atoms with Gasteiger partial charge in [-0.25, -0.2) is 4.79 Å². The molecule has 0 saturated carbocycles. The molecule has 0 aromatic rings. The predicted molar refractivity (Wildman–Crippen MR) is 71.2 cm³/mol. The molecule has 0 bridgehead atoms. The Hall–Kier alpha value is -1.63. The van der Waals surface area contributed by atoms with E-state index in [1.54, 1.807) is 4.90 Å². The molecule has 1 unspecified atom stereocenters. The van der Waals surface area contributed by atoms with Crippen molar-refractivity contribution in [3.63, 3.8) is 0 Å². The SMILES string of the molecule is CC1CN(C(=O)NC(=O)CCCC(=O)O)CC(C)(C)O1. The van der Waals surface area contributed by atoms with Crippen molar-refractivity contribution in [2.24, 2.45) is 0 Å². The highest BCUT2D eigenvalue weighted by molar-refractivity contribution is 5.94. The van der Waals surface area contributed by atoms with E-state index in [2.05, 4.69) is 5.32 Å². The van der Waals surface area contributed by atoms with E-state index in [0.717, 1.165) is 0 Å². The lowest BCUT2D eigenvalue weighted by molar-refractivity contribution is -0.137. The van der Waals surface area contributed by atoms with E-state index < -0.39 is 23.5 Å². The number of amides is 3. The van der Waals surface area contributed by atoms with Crippen LogP contribution < -0.4 is 5.32 Å². The van der Waals surface area contributed by atoms with E-state index in [1.165, 1.54) is 0 Å². The molecule has 3 amide bonds. The fourth-order valence-electron chi connectivity index (χ4n) is 2.27. The second-order valence-corrected chi connectivity index (χ2v) is 5.67. The highest BCUT2D eigenvalue weighted by Crippen LogP contribution is 2.20. The molecule has 0 radical (unpaired) electrons. The van der Waals surface area contributed by atoms with Crippen LogP contribution in [0.5, 0.6) is 0 Å². The van der Waals surface area contributed by atoms with Crippen LogP contribution in [0.1, 0.15) is 40.0 Å². The van der Waals surface area contributed by atoms with Crippen molar-refractivity contribution in [3.8, 4) is 0 Å². The molecule has 1 heterocycles. The van der Waals surface area contributed by atoms with Crippen LogP contribution in [0.15, 0.2) is 0 Å². The number of carbonyl (C=O) groups excluding carboxylic acids is 2. The maximum Gasteiger partial charge on any atom is 0.324 e. The van der Waals surface area contributed by atoms with E-state index in [-0.39, 0.29) is 25.4 Å². The second-order valence-electron chi connectivity index (χ2n) is 5.67. The first-order valence-electron chi connectivity index (χ1n) is 6.68. The molecular formula is C13H22N2O5. The van der Waals surface area contributed by atoms with Crippen molar-refractivity contribution in [2.75, 3.05) is 13.1 Å². The quantitative estimate of drug-likeness (QED) is 0.803. The van der Waals surface area contributed by atoms with Crippen LogP contribution in [0, 0.1) is 0 Å². The van der Waals surface area contributed by atoms with Gasteiger partial charge in [-0.3, -0.25) is 14.9 Å². The first-order chi connectivity index (χ1) is 9.19. The Labute approximate surface area is 118 Å². The van der Waals surface area contributed by atoms with E-state index in [0.29, 0.717) is 13.1 Å². The van der Waals surface area contributed by atoms with Crippen LogP contribution in [0.3, 0.4) is 0 Å². The molecule has 0 aromatic heterocycles. The minimum absolute atomic E-state index is 0.0291. The fourth-order valence-corrected chi connectivity index (χ4v) is 2.27. The molecule has 0 aliphatic carbocycles. The predicted octanol–water partition coefficient (Wildman–Crippen LogP) is 0.977. The lowest BCUT2D eigenvalue weighted by Crippen LogP contribution is -2.56.